The average Bonchev–Trinajstić information content (AvgIpc) is 3.27. The molecule has 0 radical (unpaired) electrons. The molecule has 0 spiro atoms. The van der Waals surface area contributed by atoms with E-state index in [0.29, 0.717) is 37.0 Å². The highest BCUT2D eigenvalue weighted by Crippen LogP contribution is 2.38. The van der Waals surface area contributed by atoms with Crippen molar-refractivity contribution in [2.45, 2.75) is 77.4 Å². The smallest absolute Gasteiger partial charge is 0.226 e. The molecule has 0 unspecified atom stereocenters. The van der Waals surface area contributed by atoms with Gasteiger partial charge in [-0.1, -0.05) is 56.5 Å². The van der Waals surface area contributed by atoms with Crippen molar-refractivity contribution in [3.8, 4) is 0 Å². The van der Waals surface area contributed by atoms with Crippen LogP contribution >= 0.6 is 0 Å². The first kappa shape index (κ1) is 25.4. The van der Waals surface area contributed by atoms with Gasteiger partial charge in [-0.05, 0) is 55.9 Å². The summed E-state index contributed by atoms with van der Waals surface area (Å²) < 4.78 is 8.44. The molecule has 0 amide bonds. The average molecular weight is 518 g/mol. The lowest BCUT2D eigenvalue weighted by Crippen LogP contribution is -2.41. The topological polar surface area (TPSA) is 80.1 Å². The van der Waals surface area contributed by atoms with Crippen molar-refractivity contribution in [2.24, 2.45) is 17.8 Å². The first-order chi connectivity index (χ1) is 18.6. The number of aromatic nitrogens is 4. The third-order valence-electron chi connectivity index (χ3n) is 9.17. The van der Waals surface area contributed by atoms with Gasteiger partial charge in [0.05, 0.1) is 19.3 Å². The monoisotopic (exact) mass is 517 g/mol. The molecule has 1 aromatic carbocycles. The molecule has 3 fully saturated rings. The van der Waals surface area contributed by atoms with Gasteiger partial charge >= 0.3 is 0 Å². The second-order valence-electron chi connectivity index (χ2n) is 11.8. The van der Waals surface area contributed by atoms with E-state index in [1.165, 1.54) is 50.5 Å². The highest BCUT2D eigenvalue weighted by molar-refractivity contribution is 5.87. The largest absolute Gasteiger partial charge is 0.377 e. The van der Waals surface area contributed by atoms with E-state index in [0.717, 1.165) is 41.9 Å². The van der Waals surface area contributed by atoms with Crippen LogP contribution in [0.4, 0.5) is 17.7 Å². The quantitative estimate of drug-likeness (QED) is 0.387. The molecule has 2 N–H and O–H groups in total. The Hall–Kier alpha value is -2.87. The van der Waals surface area contributed by atoms with Gasteiger partial charge in [-0.2, -0.15) is 15.0 Å². The number of rotatable bonds is 8. The van der Waals surface area contributed by atoms with Crippen molar-refractivity contribution in [3.63, 3.8) is 0 Å². The van der Waals surface area contributed by atoms with Crippen LogP contribution in [0, 0.1) is 17.8 Å². The highest BCUT2D eigenvalue weighted by atomic mass is 16.5. The van der Waals surface area contributed by atoms with Gasteiger partial charge in [0.1, 0.15) is 5.52 Å². The van der Waals surface area contributed by atoms with Crippen LogP contribution in [0.1, 0.15) is 70.4 Å². The molecule has 6 rings (SSSR count). The summed E-state index contributed by atoms with van der Waals surface area (Å²) in [5.41, 5.74) is 3.07. The Kier molecular flexibility index (Phi) is 7.41. The second-order valence-corrected chi connectivity index (χ2v) is 11.8. The molecule has 3 heterocycles. The van der Waals surface area contributed by atoms with Gasteiger partial charge in [0.15, 0.2) is 11.5 Å². The van der Waals surface area contributed by atoms with Gasteiger partial charge < -0.3 is 24.8 Å². The molecule has 204 valence electrons. The maximum absolute atomic E-state index is 5.99. The first-order valence-electron chi connectivity index (χ1n) is 14.7. The molecule has 8 nitrogen and oxygen atoms in total. The van der Waals surface area contributed by atoms with Crippen molar-refractivity contribution in [3.05, 3.63) is 35.9 Å². The zero-order chi connectivity index (χ0) is 26.1. The normalized spacial score (nSPS) is 25.2. The zero-order valence-electron chi connectivity index (χ0n) is 23.2. The SMILES string of the molecule is CNc1nc(N[C@H](C)C2CCC2)c2c(n1)nc(N1CCOC[C@H]1c1ccccc1)n2C[C@H]1CC[C@H](C)CC1. The fourth-order valence-electron chi connectivity index (χ4n) is 6.47. The van der Waals surface area contributed by atoms with Crippen molar-refractivity contribution in [1.82, 2.24) is 19.5 Å². The summed E-state index contributed by atoms with van der Waals surface area (Å²) in [7, 11) is 1.88. The Morgan fingerprint density at radius 1 is 1.03 bits per heavy atom. The van der Waals surface area contributed by atoms with Crippen LogP contribution in [-0.4, -0.2) is 52.4 Å². The predicted octanol–water partition coefficient (Wildman–Crippen LogP) is 5.87. The Morgan fingerprint density at radius 2 is 1.82 bits per heavy atom. The molecule has 1 saturated heterocycles. The fourth-order valence-corrected chi connectivity index (χ4v) is 6.47. The van der Waals surface area contributed by atoms with E-state index in [1.807, 2.05) is 7.05 Å². The lowest BCUT2D eigenvalue weighted by molar-refractivity contribution is 0.0927. The summed E-state index contributed by atoms with van der Waals surface area (Å²) in [6, 6.07) is 11.2. The lowest BCUT2D eigenvalue weighted by Gasteiger charge is -2.37. The summed E-state index contributed by atoms with van der Waals surface area (Å²) in [6.07, 6.45) is 9.06. The number of imidazole rings is 1. The van der Waals surface area contributed by atoms with Gasteiger partial charge in [-0.25, -0.2) is 0 Å². The van der Waals surface area contributed by atoms with Crippen molar-refractivity contribution < 1.29 is 4.74 Å². The van der Waals surface area contributed by atoms with Gasteiger partial charge in [-0.3, -0.25) is 0 Å². The molecule has 1 aliphatic heterocycles. The molecular weight excluding hydrogens is 474 g/mol. The third-order valence-corrected chi connectivity index (χ3v) is 9.17. The molecule has 38 heavy (non-hydrogen) atoms. The minimum absolute atomic E-state index is 0.119. The number of nitrogens with one attached hydrogen (secondary N) is 2. The van der Waals surface area contributed by atoms with E-state index < -0.39 is 0 Å². The van der Waals surface area contributed by atoms with Crippen molar-refractivity contribution >= 4 is 28.9 Å². The van der Waals surface area contributed by atoms with Crippen LogP contribution in [0.15, 0.2) is 30.3 Å². The molecule has 0 bridgehead atoms. The minimum atomic E-state index is 0.119. The zero-order valence-corrected chi connectivity index (χ0v) is 23.2. The van der Waals surface area contributed by atoms with E-state index in [4.69, 9.17) is 19.7 Å². The standard InChI is InChI=1S/C30H43N7O/c1-20-12-14-22(15-13-20)18-37-26-27(32-21(2)23-10-7-11-23)33-29(31-3)34-28(26)35-30(37)36-16-17-38-19-25(36)24-8-5-4-6-9-24/h4-6,8-9,20-23,25H,7,10-19H2,1-3H3,(H2,31,32,33,34)/t20-,21-,22-,25+/m1/s1. The Bertz CT molecular complexity index is 1220. The van der Waals surface area contributed by atoms with Gasteiger partial charge in [0.2, 0.25) is 11.9 Å². The summed E-state index contributed by atoms with van der Waals surface area (Å²) in [5, 5.41) is 6.98. The number of hydrogen-bond donors (Lipinski definition) is 2. The number of anilines is 3. The number of nitrogens with zero attached hydrogens (tertiary/aromatic N) is 5. The van der Waals surface area contributed by atoms with Crippen LogP contribution < -0.4 is 15.5 Å². The molecular formula is C30H43N7O. The Balaban J connectivity index is 1.45. The second kappa shape index (κ2) is 11.1. The summed E-state index contributed by atoms with van der Waals surface area (Å²) >= 11 is 0. The first-order valence-corrected chi connectivity index (χ1v) is 14.7. The maximum Gasteiger partial charge on any atom is 0.226 e. The highest BCUT2D eigenvalue weighted by Gasteiger charge is 2.32. The molecule has 2 aromatic heterocycles. The summed E-state index contributed by atoms with van der Waals surface area (Å²) in [4.78, 5) is 17.5. The Morgan fingerprint density at radius 3 is 2.53 bits per heavy atom. The van der Waals surface area contributed by atoms with Crippen LogP contribution in [0.25, 0.3) is 11.2 Å². The van der Waals surface area contributed by atoms with Gasteiger partial charge in [-0.15, -0.1) is 0 Å². The van der Waals surface area contributed by atoms with Crippen LogP contribution in [0.3, 0.4) is 0 Å². The van der Waals surface area contributed by atoms with E-state index in [1.54, 1.807) is 0 Å². The Labute approximate surface area is 226 Å². The number of fused-ring (bicyclic) bond motifs is 1. The lowest BCUT2D eigenvalue weighted by atomic mass is 9.80. The predicted molar refractivity (Wildman–Crippen MR) is 154 cm³/mol. The van der Waals surface area contributed by atoms with E-state index >= 15 is 0 Å². The van der Waals surface area contributed by atoms with Crippen molar-refractivity contribution in [1.29, 1.82) is 0 Å². The van der Waals surface area contributed by atoms with Crippen LogP contribution in [0.2, 0.25) is 0 Å². The van der Waals surface area contributed by atoms with Gasteiger partial charge in [0, 0.05) is 26.2 Å². The molecule has 2 atom stereocenters. The number of benzene rings is 1. The molecule has 3 aromatic rings. The third kappa shape index (κ3) is 5.07. The molecule has 2 saturated carbocycles. The minimum Gasteiger partial charge on any atom is -0.377 e. The van der Waals surface area contributed by atoms with Crippen molar-refractivity contribution in [2.75, 3.05) is 42.3 Å². The number of ether oxygens (including phenoxy) is 1. The van der Waals surface area contributed by atoms with Gasteiger partial charge in [0.25, 0.3) is 0 Å². The summed E-state index contributed by atoms with van der Waals surface area (Å²) in [5.74, 6) is 4.69. The van der Waals surface area contributed by atoms with Crippen LogP contribution in [-0.2, 0) is 11.3 Å². The van der Waals surface area contributed by atoms with E-state index in [9.17, 15) is 0 Å². The van der Waals surface area contributed by atoms with E-state index in [-0.39, 0.29) is 6.04 Å². The van der Waals surface area contributed by atoms with E-state index in [2.05, 4.69) is 64.3 Å². The number of morpholine rings is 1. The molecule has 2 aliphatic carbocycles. The fraction of sp³-hybridized carbons (Fsp3) is 0.633. The molecule has 3 aliphatic rings. The molecule has 8 heteroatoms. The maximum atomic E-state index is 5.99. The number of hydrogen-bond acceptors (Lipinski definition) is 7. The van der Waals surface area contributed by atoms with Crippen LogP contribution in [0.5, 0.6) is 0 Å². The summed E-state index contributed by atoms with van der Waals surface area (Å²) in [6.45, 7) is 7.80.